The van der Waals surface area contributed by atoms with Crippen molar-refractivity contribution >= 4 is 50.9 Å². The van der Waals surface area contributed by atoms with Gasteiger partial charge in [-0.05, 0) is 67.9 Å². The van der Waals surface area contributed by atoms with Gasteiger partial charge in [-0.2, -0.15) is 25.9 Å². The van der Waals surface area contributed by atoms with Gasteiger partial charge < -0.3 is 11.1 Å². The van der Waals surface area contributed by atoms with Crippen molar-refractivity contribution in [3.63, 3.8) is 0 Å². The Morgan fingerprint density at radius 3 is 2.21 bits per heavy atom. The largest absolute Gasteiger partial charge is 0.416 e. The third-order valence-corrected chi connectivity index (χ3v) is 11.0. The molecule has 0 spiro atoms. The van der Waals surface area contributed by atoms with Crippen LogP contribution < -0.4 is 15.4 Å². The third kappa shape index (κ3) is 4.75. The molecule has 3 N–H and O–H groups in total. The monoisotopic (exact) mass is 596 g/mol. The number of carbonyl (C=O) groups is 2. The maximum absolute atomic E-state index is 13.5. The van der Waals surface area contributed by atoms with Crippen LogP contribution in [0.25, 0.3) is 0 Å². The van der Waals surface area contributed by atoms with Crippen molar-refractivity contribution in [2.45, 2.75) is 51.2 Å². The van der Waals surface area contributed by atoms with Crippen LogP contribution in [0.3, 0.4) is 0 Å². The zero-order valence-corrected chi connectivity index (χ0v) is 22.9. The molecule has 38 heavy (non-hydrogen) atoms. The van der Waals surface area contributed by atoms with Crippen molar-refractivity contribution in [2.75, 3.05) is 23.9 Å². The van der Waals surface area contributed by atoms with E-state index in [1.54, 1.807) is 6.92 Å². The van der Waals surface area contributed by atoms with Crippen LogP contribution in [0.1, 0.15) is 44.6 Å². The molecule has 4 aliphatic carbocycles. The van der Waals surface area contributed by atoms with Crippen LogP contribution in [0, 0.1) is 29.1 Å². The number of nitrogens with two attached hydrogens (primary N) is 1. The maximum atomic E-state index is 13.5. The fraction of sp³-hybridized carbons (Fsp3) is 0.667. The molecule has 5 fully saturated rings. The van der Waals surface area contributed by atoms with Crippen LogP contribution in [-0.4, -0.2) is 50.2 Å². The Morgan fingerprint density at radius 1 is 1.11 bits per heavy atom. The van der Waals surface area contributed by atoms with E-state index >= 15 is 0 Å². The zero-order valence-electron chi connectivity index (χ0n) is 20.6. The minimum atomic E-state index is -4.71. The Kier molecular flexibility index (Phi) is 6.89. The molecule has 1 aromatic rings. The fourth-order valence-corrected chi connectivity index (χ4v) is 9.95. The van der Waals surface area contributed by atoms with Gasteiger partial charge >= 0.3 is 16.4 Å². The molecule has 4 bridgehead atoms. The van der Waals surface area contributed by atoms with Crippen molar-refractivity contribution in [1.29, 1.82) is 0 Å². The standard InChI is InChI=1S/C24H29Cl2F3N4O4S/c1-12-9-32(38(36,37)33(10-12)21-17(25)4-16(5-18(21)26)24(27,28)29)11-19(34)31-20-14-2-13-3-15(20)8-23(6-13,7-14)22(30)35/h4-5,12-15,20H,2-3,6-11H2,1H3,(H2,30,35)(H,31,34)/t12?,13-,14-,15+,20-,23?. The molecular formula is C24H29Cl2F3N4O4S. The molecule has 0 aromatic heterocycles. The smallest absolute Gasteiger partial charge is 0.369 e. The van der Waals surface area contributed by atoms with Crippen molar-refractivity contribution in [3.05, 3.63) is 27.7 Å². The van der Waals surface area contributed by atoms with Crippen LogP contribution in [0.2, 0.25) is 10.0 Å². The molecule has 6 atom stereocenters. The van der Waals surface area contributed by atoms with E-state index in [0.29, 0.717) is 30.9 Å². The van der Waals surface area contributed by atoms with E-state index < -0.39 is 49.9 Å². The summed E-state index contributed by atoms with van der Waals surface area (Å²) in [6.45, 7) is 1.29. The van der Waals surface area contributed by atoms with Crippen molar-refractivity contribution < 1.29 is 31.2 Å². The number of anilines is 1. The van der Waals surface area contributed by atoms with E-state index in [1.807, 2.05) is 0 Å². The van der Waals surface area contributed by atoms with Crippen molar-refractivity contribution in [2.24, 2.45) is 34.8 Å². The summed E-state index contributed by atoms with van der Waals surface area (Å²) in [4.78, 5) is 25.3. The average Bonchev–Trinajstić information content (AvgIpc) is 2.78. The second kappa shape index (κ2) is 9.42. The van der Waals surface area contributed by atoms with E-state index in [9.17, 15) is 31.2 Å². The topological polar surface area (TPSA) is 113 Å². The summed E-state index contributed by atoms with van der Waals surface area (Å²) in [7, 11) is -4.33. The number of hydrogen-bond donors (Lipinski definition) is 2. The van der Waals surface area contributed by atoms with Gasteiger partial charge in [-0.1, -0.05) is 30.1 Å². The quantitative estimate of drug-likeness (QED) is 0.538. The van der Waals surface area contributed by atoms with Crippen LogP contribution in [0.5, 0.6) is 0 Å². The number of nitrogens with one attached hydrogen (secondary N) is 1. The fourth-order valence-electron chi connectivity index (χ4n) is 7.29. The van der Waals surface area contributed by atoms with Gasteiger partial charge in [0.1, 0.15) is 0 Å². The third-order valence-electron chi connectivity index (χ3n) is 8.63. The Hall–Kier alpha value is -1.76. The molecule has 14 heteroatoms. The summed E-state index contributed by atoms with van der Waals surface area (Å²) in [5.41, 5.74) is 3.88. The van der Waals surface area contributed by atoms with Crippen LogP contribution >= 0.6 is 23.2 Å². The lowest BCUT2D eigenvalue weighted by molar-refractivity contribution is -0.147. The predicted octanol–water partition coefficient (Wildman–Crippen LogP) is 3.81. The van der Waals surface area contributed by atoms with Gasteiger partial charge in [-0.3, -0.25) is 13.9 Å². The van der Waals surface area contributed by atoms with E-state index in [1.165, 1.54) is 0 Å². The lowest BCUT2D eigenvalue weighted by atomic mass is 9.47. The lowest BCUT2D eigenvalue weighted by Crippen LogP contribution is -2.63. The highest BCUT2D eigenvalue weighted by atomic mass is 35.5. The molecule has 1 aromatic carbocycles. The van der Waals surface area contributed by atoms with E-state index in [4.69, 9.17) is 28.9 Å². The van der Waals surface area contributed by atoms with E-state index in [2.05, 4.69) is 5.32 Å². The minimum absolute atomic E-state index is 0.0481. The summed E-state index contributed by atoms with van der Waals surface area (Å²) in [5, 5.41) is 2.12. The molecule has 0 radical (unpaired) electrons. The number of nitrogens with zero attached hydrogens (tertiary/aromatic N) is 2. The van der Waals surface area contributed by atoms with Gasteiger partial charge in [0.2, 0.25) is 11.8 Å². The van der Waals surface area contributed by atoms with Crippen molar-refractivity contribution in [3.8, 4) is 0 Å². The first-order valence-corrected chi connectivity index (χ1v) is 14.7. The van der Waals surface area contributed by atoms with Gasteiger partial charge in [0.05, 0.1) is 27.8 Å². The summed E-state index contributed by atoms with van der Waals surface area (Å²) < 4.78 is 68.4. The van der Waals surface area contributed by atoms with Crippen molar-refractivity contribution in [1.82, 2.24) is 9.62 Å². The molecule has 2 amide bonds. The van der Waals surface area contributed by atoms with Gasteiger partial charge in [0, 0.05) is 24.5 Å². The zero-order chi connectivity index (χ0) is 27.8. The summed E-state index contributed by atoms with van der Waals surface area (Å²) in [6.07, 6.45) is -0.873. The molecule has 4 saturated carbocycles. The van der Waals surface area contributed by atoms with Crippen LogP contribution in [0.15, 0.2) is 12.1 Å². The highest BCUT2D eigenvalue weighted by Crippen LogP contribution is 2.60. The maximum Gasteiger partial charge on any atom is 0.416 e. The number of carbonyl (C=O) groups excluding carboxylic acids is 2. The van der Waals surface area contributed by atoms with E-state index in [0.717, 1.165) is 27.9 Å². The molecule has 210 valence electrons. The Balaban J connectivity index is 1.33. The molecule has 1 saturated heterocycles. The number of primary amides is 1. The first kappa shape index (κ1) is 27.8. The molecule has 5 aliphatic rings. The normalized spacial score (nSPS) is 34.4. The Labute approximate surface area is 229 Å². The highest BCUT2D eigenvalue weighted by molar-refractivity contribution is 7.90. The SMILES string of the molecule is CC1CN(CC(=O)N[C@@H]2[C@@H]3C[C@@H]4C[C@H]2CC(C(N)=O)(C4)C3)S(=O)(=O)N(c2c(Cl)cc(C(F)(F)F)cc2Cl)C1. The summed E-state index contributed by atoms with van der Waals surface area (Å²) >= 11 is 12.2. The van der Waals surface area contributed by atoms with Gasteiger partial charge in [0.15, 0.2) is 0 Å². The van der Waals surface area contributed by atoms with Gasteiger partial charge in [-0.15, -0.1) is 0 Å². The first-order valence-electron chi connectivity index (χ1n) is 12.5. The van der Waals surface area contributed by atoms with Gasteiger partial charge in [-0.25, -0.2) is 0 Å². The Morgan fingerprint density at radius 2 is 1.68 bits per heavy atom. The average molecular weight is 597 g/mol. The van der Waals surface area contributed by atoms with Gasteiger partial charge in [0.25, 0.3) is 0 Å². The Bertz CT molecular complexity index is 1240. The molecular weight excluding hydrogens is 568 g/mol. The van der Waals surface area contributed by atoms with E-state index in [-0.39, 0.29) is 48.5 Å². The molecule has 1 heterocycles. The van der Waals surface area contributed by atoms with Crippen LogP contribution in [0.4, 0.5) is 18.9 Å². The van der Waals surface area contributed by atoms with Crippen LogP contribution in [-0.2, 0) is 26.0 Å². The summed E-state index contributed by atoms with van der Waals surface area (Å²) in [6, 6.07) is 1.12. The predicted molar refractivity (Wildman–Crippen MR) is 136 cm³/mol. The number of hydrogen-bond acceptors (Lipinski definition) is 4. The molecule has 6 rings (SSSR count). The number of benzene rings is 1. The minimum Gasteiger partial charge on any atom is -0.369 e. The number of rotatable bonds is 5. The number of halogens is 5. The summed E-state index contributed by atoms with van der Waals surface area (Å²) in [5.74, 6) is -0.402. The number of alkyl halides is 3. The molecule has 1 aliphatic heterocycles. The molecule has 2 unspecified atom stereocenters. The first-order chi connectivity index (χ1) is 17.6. The molecule has 8 nitrogen and oxygen atoms in total. The highest BCUT2D eigenvalue weighted by Gasteiger charge is 2.58. The number of amides is 2. The lowest BCUT2D eigenvalue weighted by Gasteiger charge is -2.58. The second-order valence-corrected chi connectivity index (χ2v) is 14.1. The second-order valence-electron chi connectivity index (χ2n) is 11.4.